The van der Waals surface area contributed by atoms with E-state index < -0.39 is 14.2 Å². The van der Waals surface area contributed by atoms with E-state index in [2.05, 4.69) is 119 Å². The third kappa shape index (κ3) is 6.55. The van der Waals surface area contributed by atoms with Gasteiger partial charge in [-0.2, -0.15) is 0 Å². The fourth-order valence-corrected chi connectivity index (χ4v) is 6.76. The molecule has 0 radical (unpaired) electrons. The summed E-state index contributed by atoms with van der Waals surface area (Å²) in [5.41, 5.74) is 6.62. The molecule has 1 fully saturated rings. The summed E-state index contributed by atoms with van der Waals surface area (Å²) in [5.74, 6) is 0.0189. The summed E-state index contributed by atoms with van der Waals surface area (Å²) in [6.07, 6.45) is 3.81. The maximum Gasteiger partial charge on any atom is 0.327 e. The van der Waals surface area contributed by atoms with Gasteiger partial charge < -0.3 is 14.3 Å². The summed E-state index contributed by atoms with van der Waals surface area (Å²) >= 11 is 0. The quantitative estimate of drug-likeness (QED) is 0.380. The Morgan fingerprint density at radius 3 is 1.66 bits per heavy atom. The van der Waals surface area contributed by atoms with Crippen LogP contribution in [-0.2, 0) is 31.8 Å². The molecule has 1 aliphatic rings. The molecule has 2 aromatic carbocycles. The third-order valence-corrected chi connectivity index (χ3v) is 8.84. The van der Waals surface area contributed by atoms with Crippen molar-refractivity contribution in [2.75, 3.05) is 0 Å². The number of hydrogen-bond acceptors (Lipinski definition) is 3. The molecule has 2 aromatic rings. The van der Waals surface area contributed by atoms with E-state index in [1.54, 1.807) is 0 Å². The molecule has 0 aliphatic heterocycles. The average Bonchev–Trinajstić information content (AvgIpc) is 2.76. The SMILES string of the molecule is CC(C)(C)c1ccc(C2CCCCC2(OP(O)O)c2ccc(C(C)(C)C)cc2C(C)(C)C)c(C(C)(C)C)c1. The van der Waals surface area contributed by atoms with E-state index in [-0.39, 0.29) is 27.6 Å². The Labute approximate surface area is 234 Å². The predicted molar refractivity (Wildman–Crippen MR) is 163 cm³/mol. The molecule has 0 heterocycles. The molecule has 0 bridgehead atoms. The lowest BCUT2D eigenvalue weighted by molar-refractivity contribution is -0.00798. The molecule has 2 atom stereocenters. The van der Waals surface area contributed by atoms with Crippen molar-refractivity contribution in [1.29, 1.82) is 0 Å². The normalized spacial score (nSPS) is 21.7. The summed E-state index contributed by atoms with van der Waals surface area (Å²) in [7, 11) is -2.55. The fourth-order valence-electron chi connectivity index (χ4n) is 6.15. The Morgan fingerprint density at radius 1 is 0.684 bits per heavy atom. The lowest BCUT2D eigenvalue weighted by atomic mass is 9.63. The molecule has 2 unspecified atom stereocenters. The Bertz CT molecular complexity index is 1120. The summed E-state index contributed by atoms with van der Waals surface area (Å²) in [5, 5.41) is 0. The van der Waals surface area contributed by atoms with Crippen LogP contribution in [0.25, 0.3) is 0 Å². The fraction of sp³-hybridized carbons (Fsp3) is 0.647. The largest absolute Gasteiger partial charge is 0.328 e. The van der Waals surface area contributed by atoms with Crippen molar-refractivity contribution >= 4 is 8.60 Å². The first-order valence-corrected chi connectivity index (χ1v) is 15.5. The predicted octanol–water partition coefficient (Wildman–Crippen LogP) is 9.66. The first-order chi connectivity index (χ1) is 17.2. The average molecular weight is 541 g/mol. The zero-order valence-corrected chi connectivity index (χ0v) is 27.0. The van der Waals surface area contributed by atoms with Gasteiger partial charge in [0.2, 0.25) is 0 Å². The second kappa shape index (κ2) is 10.6. The van der Waals surface area contributed by atoms with Crippen LogP contribution in [0.15, 0.2) is 36.4 Å². The van der Waals surface area contributed by atoms with Gasteiger partial charge in [0.25, 0.3) is 0 Å². The van der Waals surface area contributed by atoms with Crippen molar-refractivity contribution < 1.29 is 14.3 Å². The van der Waals surface area contributed by atoms with Crippen molar-refractivity contribution in [3.63, 3.8) is 0 Å². The molecule has 1 saturated carbocycles. The highest BCUT2D eigenvalue weighted by Crippen LogP contribution is 2.58. The smallest absolute Gasteiger partial charge is 0.327 e. The van der Waals surface area contributed by atoms with E-state index in [4.69, 9.17) is 4.52 Å². The van der Waals surface area contributed by atoms with Gasteiger partial charge in [-0.1, -0.05) is 132 Å². The first kappa shape index (κ1) is 31.3. The van der Waals surface area contributed by atoms with E-state index in [1.165, 1.54) is 27.8 Å². The molecular formula is C34H53O3P. The van der Waals surface area contributed by atoms with E-state index in [1.807, 2.05) is 0 Å². The molecule has 0 spiro atoms. The lowest BCUT2D eigenvalue weighted by Gasteiger charge is -2.48. The zero-order chi connectivity index (χ0) is 28.9. The second-order valence-electron chi connectivity index (χ2n) is 15.6. The highest BCUT2D eigenvalue weighted by Gasteiger charge is 2.49. The molecule has 3 rings (SSSR count). The molecule has 1 aliphatic carbocycles. The molecule has 0 saturated heterocycles. The van der Waals surface area contributed by atoms with Gasteiger partial charge in [0.15, 0.2) is 0 Å². The van der Waals surface area contributed by atoms with Crippen LogP contribution in [0, 0.1) is 0 Å². The van der Waals surface area contributed by atoms with Gasteiger partial charge in [0.1, 0.15) is 5.60 Å². The minimum Gasteiger partial charge on any atom is -0.328 e. The molecule has 38 heavy (non-hydrogen) atoms. The minimum atomic E-state index is -2.55. The van der Waals surface area contributed by atoms with Crippen LogP contribution in [0.5, 0.6) is 0 Å². The van der Waals surface area contributed by atoms with Crippen molar-refractivity contribution in [1.82, 2.24) is 0 Å². The van der Waals surface area contributed by atoms with E-state index in [0.29, 0.717) is 0 Å². The van der Waals surface area contributed by atoms with Gasteiger partial charge in [-0.3, -0.25) is 0 Å². The van der Waals surface area contributed by atoms with E-state index in [9.17, 15) is 9.79 Å². The second-order valence-corrected chi connectivity index (χ2v) is 16.3. The zero-order valence-electron chi connectivity index (χ0n) is 26.1. The number of hydrogen-bond donors (Lipinski definition) is 2. The highest BCUT2D eigenvalue weighted by molar-refractivity contribution is 7.39. The number of rotatable bonds is 4. The number of benzene rings is 2. The third-order valence-electron chi connectivity index (χ3n) is 8.35. The summed E-state index contributed by atoms with van der Waals surface area (Å²) in [4.78, 5) is 20.9. The van der Waals surface area contributed by atoms with Gasteiger partial charge in [-0.15, -0.1) is 0 Å². The van der Waals surface area contributed by atoms with Crippen LogP contribution in [0.4, 0.5) is 0 Å². The Balaban J connectivity index is 2.38. The standard InChI is InChI=1S/C34H53O3P/c1-30(2,3)23-16-18-25(28(21-23)32(7,8)9)26-15-13-14-20-34(26,37-38(35)36)27-19-17-24(31(4,5)6)22-29(27)33(10,11)12/h16-19,21-22,26,35-36H,13-15,20H2,1-12H3. The monoisotopic (exact) mass is 540 g/mol. The molecular weight excluding hydrogens is 487 g/mol. The molecule has 4 heteroatoms. The molecule has 2 N–H and O–H groups in total. The Hall–Kier alpha value is -1.25. The van der Waals surface area contributed by atoms with E-state index >= 15 is 0 Å². The van der Waals surface area contributed by atoms with Crippen LogP contribution in [0.2, 0.25) is 0 Å². The van der Waals surface area contributed by atoms with Crippen molar-refractivity contribution in [3.8, 4) is 0 Å². The molecule has 0 amide bonds. The summed E-state index contributed by atoms with van der Waals surface area (Å²) in [6, 6.07) is 13.8. The summed E-state index contributed by atoms with van der Waals surface area (Å²) in [6.45, 7) is 27.1. The summed E-state index contributed by atoms with van der Waals surface area (Å²) < 4.78 is 6.43. The van der Waals surface area contributed by atoms with Gasteiger partial charge in [-0.25, -0.2) is 0 Å². The van der Waals surface area contributed by atoms with Crippen molar-refractivity contribution in [2.45, 2.75) is 142 Å². The van der Waals surface area contributed by atoms with Gasteiger partial charge in [0.05, 0.1) is 0 Å². The molecule has 0 aromatic heterocycles. The van der Waals surface area contributed by atoms with Crippen LogP contribution < -0.4 is 0 Å². The van der Waals surface area contributed by atoms with Crippen molar-refractivity contribution in [3.05, 3.63) is 69.8 Å². The van der Waals surface area contributed by atoms with Crippen LogP contribution in [0.1, 0.15) is 148 Å². The molecule has 212 valence electrons. The highest BCUT2D eigenvalue weighted by atomic mass is 31.2. The van der Waals surface area contributed by atoms with Gasteiger partial charge in [-0.05, 0) is 67.9 Å². The lowest BCUT2D eigenvalue weighted by Crippen LogP contribution is -2.41. The van der Waals surface area contributed by atoms with Gasteiger partial charge in [0, 0.05) is 5.92 Å². The maximum absolute atomic E-state index is 10.5. The van der Waals surface area contributed by atoms with Crippen LogP contribution in [-0.4, -0.2) is 9.79 Å². The van der Waals surface area contributed by atoms with E-state index in [0.717, 1.165) is 31.2 Å². The van der Waals surface area contributed by atoms with Crippen LogP contribution in [0.3, 0.4) is 0 Å². The maximum atomic E-state index is 10.5. The Kier molecular flexibility index (Phi) is 8.74. The topological polar surface area (TPSA) is 49.7 Å². The van der Waals surface area contributed by atoms with Crippen molar-refractivity contribution in [2.24, 2.45) is 0 Å². The molecule has 3 nitrogen and oxygen atoms in total. The van der Waals surface area contributed by atoms with Crippen LogP contribution >= 0.6 is 8.60 Å². The Morgan fingerprint density at radius 2 is 1.18 bits per heavy atom. The first-order valence-electron chi connectivity index (χ1n) is 14.4. The van der Waals surface area contributed by atoms with Gasteiger partial charge >= 0.3 is 8.60 Å². The minimum absolute atomic E-state index is 0.0152.